The molecule has 0 saturated carbocycles. The monoisotopic (exact) mass is 303 g/mol. The Morgan fingerprint density at radius 3 is 2.41 bits per heavy atom. The second kappa shape index (κ2) is 9.06. The highest BCUT2D eigenvalue weighted by molar-refractivity contribution is 5.89. The van der Waals surface area contributed by atoms with Crippen LogP contribution in [-0.4, -0.2) is 24.3 Å². The number of carbonyl (C=O) groups is 1. The summed E-state index contributed by atoms with van der Waals surface area (Å²) in [6.45, 7) is 4.82. The van der Waals surface area contributed by atoms with Crippen molar-refractivity contribution in [3.05, 3.63) is 29.8 Å². The van der Waals surface area contributed by atoms with Gasteiger partial charge < -0.3 is 15.7 Å². The molecule has 5 heteroatoms. The second-order valence-electron chi connectivity index (χ2n) is 5.52. The van der Waals surface area contributed by atoms with Gasteiger partial charge in [0.05, 0.1) is 12.5 Å². The molecule has 0 aliphatic rings. The van der Waals surface area contributed by atoms with Gasteiger partial charge in [0.25, 0.3) is 0 Å². The maximum Gasteiger partial charge on any atom is 0.319 e. The van der Waals surface area contributed by atoms with Crippen molar-refractivity contribution in [1.29, 1.82) is 5.26 Å². The average Bonchev–Trinajstić information content (AvgIpc) is 2.54. The molecule has 0 aliphatic heterocycles. The van der Waals surface area contributed by atoms with Crippen molar-refractivity contribution < 1.29 is 9.90 Å². The summed E-state index contributed by atoms with van der Waals surface area (Å²) < 4.78 is 0. The second-order valence-corrected chi connectivity index (χ2v) is 5.52. The van der Waals surface area contributed by atoms with Crippen molar-refractivity contribution in [3.8, 4) is 6.07 Å². The molecule has 0 aromatic heterocycles. The number of benzene rings is 1. The quantitative estimate of drug-likeness (QED) is 0.690. The van der Waals surface area contributed by atoms with Gasteiger partial charge in [-0.3, -0.25) is 0 Å². The van der Waals surface area contributed by atoms with Crippen molar-refractivity contribution >= 4 is 11.7 Å². The predicted molar refractivity (Wildman–Crippen MR) is 87.5 cm³/mol. The van der Waals surface area contributed by atoms with E-state index >= 15 is 0 Å². The molecule has 1 aromatic rings. The van der Waals surface area contributed by atoms with Crippen LogP contribution in [0.3, 0.4) is 0 Å². The van der Waals surface area contributed by atoms with E-state index < -0.39 is 0 Å². The molecule has 22 heavy (non-hydrogen) atoms. The number of rotatable bonds is 8. The van der Waals surface area contributed by atoms with Gasteiger partial charge in [0.15, 0.2) is 0 Å². The predicted octanol–water partition coefficient (Wildman–Crippen LogP) is 3.06. The molecule has 120 valence electrons. The molecule has 0 spiro atoms. The standard InChI is InChI=1S/C17H25N3O2/c1-3-17(4-2,10-12-21)13-19-16(22)20-15-7-5-14(6-8-15)9-11-18/h5-8,21H,3-4,9-10,12-13H2,1-2H3,(H2,19,20,22). The molecule has 5 nitrogen and oxygen atoms in total. The first-order chi connectivity index (χ1) is 10.6. The fraction of sp³-hybridized carbons (Fsp3) is 0.529. The van der Waals surface area contributed by atoms with E-state index in [4.69, 9.17) is 5.26 Å². The minimum Gasteiger partial charge on any atom is -0.396 e. The van der Waals surface area contributed by atoms with Crippen molar-refractivity contribution in [2.45, 2.75) is 39.5 Å². The zero-order valence-corrected chi connectivity index (χ0v) is 13.4. The van der Waals surface area contributed by atoms with E-state index in [0.717, 1.165) is 18.4 Å². The number of hydrogen-bond acceptors (Lipinski definition) is 3. The summed E-state index contributed by atoms with van der Waals surface area (Å²) in [5, 5.41) is 23.5. The lowest BCUT2D eigenvalue weighted by molar-refractivity contribution is 0.165. The van der Waals surface area contributed by atoms with Crippen LogP contribution >= 0.6 is 0 Å². The number of nitrogens with one attached hydrogen (secondary N) is 2. The van der Waals surface area contributed by atoms with Crippen LogP contribution in [0.2, 0.25) is 0 Å². The van der Waals surface area contributed by atoms with Crippen molar-refractivity contribution in [2.24, 2.45) is 5.41 Å². The number of aliphatic hydroxyl groups is 1. The number of amides is 2. The van der Waals surface area contributed by atoms with Crippen LogP contribution in [0.25, 0.3) is 0 Å². The highest BCUT2D eigenvalue weighted by atomic mass is 16.3. The van der Waals surface area contributed by atoms with Crippen molar-refractivity contribution in [1.82, 2.24) is 5.32 Å². The zero-order chi connectivity index (χ0) is 16.4. The van der Waals surface area contributed by atoms with Gasteiger partial charge in [-0.2, -0.15) is 5.26 Å². The maximum atomic E-state index is 12.0. The van der Waals surface area contributed by atoms with E-state index in [0.29, 0.717) is 25.1 Å². The van der Waals surface area contributed by atoms with Gasteiger partial charge in [0, 0.05) is 18.8 Å². The van der Waals surface area contributed by atoms with E-state index in [-0.39, 0.29) is 18.1 Å². The summed E-state index contributed by atoms with van der Waals surface area (Å²) in [6.07, 6.45) is 2.87. The third-order valence-electron chi connectivity index (χ3n) is 4.26. The zero-order valence-electron chi connectivity index (χ0n) is 13.4. The first-order valence-corrected chi connectivity index (χ1v) is 7.70. The summed E-state index contributed by atoms with van der Waals surface area (Å²) in [6, 6.07) is 9.06. The lowest BCUT2D eigenvalue weighted by atomic mass is 9.79. The largest absolute Gasteiger partial charge is 0.396 e. The molecule has 0 fully saturated rings. The molecule has 0 aliphatic carbocycles. The molecule has 3 N–H and O–H groups in total. The Bertz CT molecular complexity index is 502. The van der Waals surface area contributed by atoms with E-state index in [1.165, 1.54) is 0 Å². The Labute approximate surface area is 132 Å². The molecule has 0 atom stereocenters. The summed E-state index contributed by atoms with van der Waals surface area (Å²) in [7, 11) is 0. The minimum atomic E-state index is -0.253. The average molecular weight is 303 g/mol. The van der Waals surface area contributed by atoms with Crippen molar-refractivity contribution in [2.75, 3.05) is 18.5 Å². The SMILES string of the molecule is CCC(CC)(CCO)CNC(=O)Nc1ccc(CC#N)cc1. The highest BCUT2D eigenvalue weighted by Crippen LogP contribution is 2.29. The van der Waals surface area contributed by atoms with Gasteiger partial charge in [-0.15, -0.1) is 0 Å². The Hall–Kier alpha value is -2.06. The maximum absolute atomic E-state index is 12.0. The highest BCUT2D eigenvalue weighted by Gasteiger charge is 2.26. The molecule has 0 saturated heterocycles. The van der Waals surface area contributed by atoms with Gasteiger partial charge in [-0.25, -0.2) is 4.79 Å². The number of anilines is 1. The van der Waals surface area contributed by atoms with E-state index in [1.807, 2.05) is 12.1 Å². The fourth-order valence-electron chi connectivity index (χ4n) is 2.42. The Morgan fingerprint density at radius 2 is 1.91 bits per heavy atom. The van der Waals surface area contributed by atoms with Crippen LogP contribution in [0, 0.1) is 16.7 Å². The number of nitrogens with zero attached hydrogens (tertiary/aromatic N) is 1. The van der Waals surface area contributed by atoms with Crippen LogP contribution in [0.4, 0.5) is 10.5 Å². The number of aliphatic hydroxyl groups excluding tert-OH is 1. The lowest BCUT2D eigenvalue weighted by Gasteiger charge is -2.31. The molecule has 1 aromatic carbocycles. The Morgan fingerprint density at radius 1 is 1.27 bits per heavy atom. The Balaban J connectivity index is 2.53. The van der Waals surface area contributed by atoms with E-state index in [9.17, 15) is 9.90 Å². The van der Waals surface area contributed by atoms with Crippen LogP contribution < -0.4 is 10.6 Å². The topological polar surface area (TPSA) is 85.2 Å². The molecular formula is C17H25N3O2. The molecule has 0 radical (unpaired) electrons. The minimum absolute atomic E-state index is 0.0528. The van der Waals surface area contributed by atoms with Gasteiger partial charge in [0.1, 0.15) is 0 Å². The summed E-state index contributed by atoms with van der Waals surface area (Å²) in [5.74, 6) is 0. The first-order valence-electron chi connectivity index (χ1n) is 7.70. The van der Waals surface area contributed by atoms with Crippen LogP contribution in [0.5, 0.6) is 0 Å². The molecule has 0 bridgehead atoms. The van der Waals surface area contributed by atoms with E-state index in [1.54, 1.807) is 12.1 Å². The van der Waals surface area contributed by atoms with Crippen LogP contribution in [0.1, 0.15) is 38.7 Å². The number of nitriles is 1. The summed E-state index contributed by atoms with van der Waals surface area (Å²) in [4.78, 5) is 12.0. The van der Waals surface area contributed by atoms with Gasteiger partial charge >= 0.3 is 6.03 Å². The smallest absolute Gasteiger partial charge is 0.319 e. The van der Waals surface area contributed by atoms with Crippen molar-refractivity contribution in [3.63, 3.8) is 0 Å². The van der Waals surface area contributed by atoms with Gasteiger partial charge in [-0.1, -0.05) is 26.0 Å². The third-order valence-corrected chi connectivity index (χ3v) is 4.26. The molecule has 2 amide bonds. The number of carbonyl (C=O) groups excluding carboxylic acids is 1. The molecule has 0 unspecified atom stereocenters. The first kappa shape index (κ1) is 18.0. The summed E-state index contributed by atoms with van der Waals surface area (Å²) in [5.41, 5.74) is 1.57. The van der Waals surface area contributed by atoms with Gasteiger partial charge in [-0.05, 0) is 42.4 Å². The number of hydrogen-bond donors (Lipinski definition) is 3. The summed E-state index contributed by atoms with van der Waals surface area (Å²) >= 11 is 0. The van der Waals surface area contributed by atoms with Crippen LogP contribution in [0.15, 0.2) is 24.3 Å². The number of urea groups is 1. The Kier molecular flexibility index (Phi) is 7.41. The van der Waals surface area contributed by atoms with Gasteiger partial charge in [0.2, 0.25) is 0 Å². The lowest BCUT2D eigenvalue weighted by Crippen LogP contribution is -2.39. The normalized spacial score (nSPS) is 10.8. The van der Waals surface area contributed by atoms with E-state index in [2.05, 4.69) is 30.6 Å². The van der Waals surface area contributed by atoms with Crippen LogP contribution in [-0.2, 0) is 6.42 Å². The molecule has 0 heterocycles. The molecular weight excluding hydrogens is 278 g/mol. The third kappa shape index (κ3) is 5.38. The fourth-order valence-corrected chi connectivity index (χ4v) is 2.42. The molecule has 1 rings (SSSR count).